The Morgan fingerprint density at radius 3 is 2.48 bits per heavy atom. The average Bonchev–Trinajstić information content (AvgIpc) is 3.22. The molecule has 0 aliphatic heterocycles. The number of anilines is 1. The molecule has 4 nitrogen and oxygen atoms in total. The molecule has 0 unspecified atom stereocenters. The smallest absolute Gasteiger partial charge is 0.261 e. The molecule has 1 aromatic heterocycles. The lowest BCUT2D eigenvalue weighted by Gasteiger charge is -2.26. The first-order valence-electron chi connectivity index (χ1n) is 7.83. The predicted octanol–water partition coefficient (Wildman–Crippen LogP) is 3.41. The standard InChI is InChI=1S/C16H22N2O2S/c1-10-2-6-12(7-3-10)17-16(20)13-8-9-14(21-13)18-15(19)11-4-5-11/h8-12H,2-7H2,1H3,(H,17,20)(H,18,19). The Morgan fingerprint density at radius 2 is 1.81 bits per heavy atom. The minimum absolute atomic E-state index is 0.00789. The first kappa shape index (κ1) is 14.6. The van der Waals surface area contributed by atoms with Gasteiger partial charge in [-0.1, -0.05) is 6.92 Å². The van der Waals surface area contributed by atoms with Crippen LogP contribution in [0.15, 0.2) is 12.1 Å². The summed E-state index contributed by atoms with van der Waals surface area (Å²) in [4.78, 5) is 24.6. The van der Waals surface area contributed by atoms with Gasteiger partial charge in [-0.2, -0.15) is 0 Å². The Kier molecular flexibility index (Phi) is 4.29. The van der Waals surface area contributed by atoms with Gasteiger partial charge in [0.2, 0.25) is 5.91 Å². The van der Waals surface area contributed by atoms with Gasteiger partial charge in [0.05, 0.1) is 9.88 Å². The van der Waals surface area contributed by atoms with Crippen LogP contribution >= 0.6 is 11.3 Å². The Labute approximate surface area is 129 Å². The van der Waals surface area contributed by atoms with Crippen molar-refractivity contribution < 1.29 is 9.59 Å². The van der Waals surface area contributed by atoms with Crippen LogP contribution in [0.1, 0.15) is 55.1 Å². The third-order valence-corrected chi connectivity index (χ3v) is 5.37. The molecule has 114 valence electrons. The maximum atomic E-state index is 12.2. The van der Waals surface area contributed by atoms with Crippen LogP contribution in [0.25, 0.3) is 0 Å². The quantitative estimate of drug-likeness (QED) is 0.895. The molecular weight excluding hydrogens is 284 g/mol. The van der Waals surface area contributed by atoms with Gasteiger partial charge in [0.1, 0.15) is 0 Å². The Bertz CT molecular complexity index is 528. The molecule has 0 aromatic carbocycles. The summed E-state index contributed by atoms with van der Waals surface area (Å²) in [6, 6.07) is 3.93. The first-order chi connectivity index (χ1) is 10.1. The number of thiophene rings is 1. The fraction of sp³-hybridized carbons (Fsp3) is 0.625. The fourth-order valence-corrected chi connectivity index (χ4v) is 3.57. The van der Waals surface area contributed by atoms with Crippen LogP contribution in [-0.2, 0) is 4.79 Å². The average molecular weight is 306 g/mol. The predicted molar refractivity (Wildman–Crippen MR) is 84.6 cm³/mol. The highest BCUT2D eigenvalue weighted by Crippen LogP contribution is 2.31. The van der Waals surface area contributed by atoms with Crippen molar-refractivity contribution in [2.75, 3.05) is 5.32 Å². The van der Waals surface area contributed by atoms with E-state index in [1.807, 2.05) is 6.07 Å². The van der Waals surface area contributed by atoms with Crippen molar-refractivity contribution in [2.45, 2.75) is 51.5 Å². The molecular formula is C16H22N2O2S. The second-order valence-electron chi connectivity index (χ2n) is 6.36. The van der Waals surface area contributed by atoms with E-state index >= 15 is 0 Å². The van der Waals surface area contributed by atoms with Gasteiger partial charge in [-0.05, 0) is 56.6 Å². The number of rotatable bonds is 4. The monoisotopic (exact) mass is 306 g/mol. The molecule has 2 amide bonds. The second-order valence-corrected chi connectivity index (χ2v) is 7.44. The highest BCUT2D eigenvalue weighted by atomic mass is 32.1. The highest BCUT2D eigenvalue weighted by Gasteiger charge is 2.30. The zero-order valence-corrected chi connectivity index (χ0v) is 13.2. The number of hydrogen-bond donors (Lipinski definition) is 2. The van der Waals surface area contributed by atoms with E-state index in [2.05, 4.69) is 17.6 Å². The number of nitrogens with one attached hydrogen (secondary N) is 2. The maximum Gasteiger partial charge on any atom is 0.261 e. The van der Waals surface area contributed by atoms with Crippen LogP contribution in [0.3, 0.4) is 0 Å². The third kappa shape index (κ3) is 3.84. The van der Waals surface area contributed by atoms with Gasteiger partial charge >= 0.3 is 0 Å². The normalized spacial score (nSPS) is 25.4. The molecule has 2 saturated carbocycles. The van der Waals surface area contributed by atoms with Gasteiger partial charge < -0.3 is 10.6 Å². The Hall–Kier alpha value is -1.36. The highest BCUT2D eigenvalue weighted by molar-refractivity contribution is 7.18. The van der Waals surface area contributed by atoms with Crippen molar-refractivity contribution in [2.24, 2.45) is 11.8 Å². The molecule has 2 aliphatic rings. The van der Waals surface area contributed by atoms with E-state index in [0.717, 1.165) is 36.6 Å². The van der Waals surface area contributed by atoms with Gasteiger partial charge in [-0.3, -0.25) is 9.59 Å². The number of carbonyl (C=O) groups excluding carboxylic acids is 2. The molecule has 1 aromatic rings. The van der Waals surface area contributed by atoms with E-state index in [0.29, 0.717) is 10.9 Å². The second kappa shape index (κ2) is 6.18. The molecule has 0 radical (unpaired) electrons. The SMILES string of the molecule is CC1CCC(NC(=O)c2ccc(NC(=O)C3CC3)s2)CC1. The zero-order valence-electron chi connectivity index (χ0n) is 12.4. The van der Waals surface area contributed by atoms with Gasteiger partial charge in [0, 0.05) is 12.0 Å². The summed E-state index contributed by atoms with van der Waals surface area (Å²) >= 11 is 1.36. The van der Waals surface area contributed by atoms with E-state index in [-0.39, 0.29) is 17.7 Å². The molecule has 0 saturated heterocycles. The van der Waals surface area contributed by atoms with Gasteiger partial charge in [0.15, 0.2) is 0 Å². The number of hydrogen-bond acceptors (Lipinski definition) is 3. The minimum Gasteiger partial charge on any atom is -0.349 e. The third-order valence-electron chi connectivity index (χ3n) is 4.38. The van der Waals surface area contributed by atoms with Crippen molar-refractivity contribution in [1.82, 2.24) is 5.32 Å². The van der Waals surface area contributed by atoms with E-state index < -0.39 is 0 Å². The Balaban J connectivity index is 1.52. The van der Waals surface area contributed by atoms with E-state index in [9.17, 15) is 9.59 Å². The van der Waals surface area contributed by atoms with Crippen LogP contribution in [0, 0.1) is 11.8 Å². The van der Waals surface area contributed by atoms with Crippen molar-refractivity contribution in [3.05, 3.63) is 17.0 Å². The molecule has 0 bridgehead atoms. The molecule has 21 heavy (non-hydrogen) atoms. The van der Waals surface area contributed by atoms with Crippen molar-refractivity contribution in [3.63, 3.8) is 0 Å². The van der Waals surface area contributed by atoms with Crippen LogP contribution < -0.4 is 10.6 Å². The number of carbonyl (C=O) groups is 2. The summed E-state index contributed by atoms with van der Waals surface area (Å²) < 4.78 is 0. The number of amides is 2. The van der Waals surface area contributed by atoms with Crippen molar-refractivity contribution in [1.29, 1.82) is 0 Å². The largest absolute Gasteiger partial charge is 0.349 e. The summed E-state index contributed by atoms with van der Waals surface area (Å²) in [5, 5.41) is 6.78. The van der Waals surface area contributed by atoms with E-state index in [1.54, 1.807) is 6.07 Å². The molecule has 2 aliphatic carbocycles. The topological polar surface area (TPSA) is 58.2 Å². The van der Waals surface area contributed by atoms with Crippen molar-refractivity contribution in [3.8, 4) is 0 Å². The molecule has 3 rings (SSSR count). The molecule has 1 heterocycles. The van der Waals surface area contributed by atoms with E-state index in [4.69, 9.17) is 0 Å². The molecule has 2 N–H and O–H groups in total. The molecule has 0 atom stereocenters. The lowest BCUT2D eigenvalue weighted by atomic mass is 9.87. The summed E-state index contributed by atoms with van der Waals surface area (Å²) in [7, 11) is 0. The molecule has 2 fully saturated rings. The van der Waals surface area contributed by atoms with Gasteiger partial charge in [-0.15, -0.1) is 11.3 Å². The van der Waals surface area contributed by atoms with E-state index in [1.165, 1.54) is 24.2 Å². The van der Waals surface area contributed by atoms with Crippen LogP contribution in [0.5, 0.6) is 0 Å². The van der Waals surface area contributed by atoms with Crippen LogP contribution in [0.2, 0.25) is 0 Å². The van der Waals surface area contributed by atoms with Crippen molar-refractivity contribution >= 4 is 28.2 Å². The summed E-state index contributed by atoms with van der Waals surface area (Å²) in [6.07, 6.45) is 6.51. The van der Waals surface area contributed by atoms with Crippen LogP contribution in [-0.4, -0.2) is 17.9 Å². The lowest BCUT2D eigenvalue weighted by molar-refractivity contribution is -0.117. The first-order valence-corrected chi connectivity index (χ1v) is 8.65. The zero-order chi connectivity index (χ0) is 14.8. The minimum atomic E-state index is -0.00789. The summed E-state index contributed by atoms with van der Waals surface area (Å²) in [5.74, 6) is 1.05. The summed E-state index contributed by atoms with van der Waals surface area (Å²) in [6.45, 7) is 2.27. The summed E-state index contributed by atoms with van der Waals surface area (Å²) in [5.41, 5.74) is 0. The van der Waals surface area contributed by atoms with Crippen LogP contribution in [0.4, 0.5) is 5.00 Å². The van der Waals surface area contributed by atoms with Gasteiger partial charge in [-0.25, -0.2) is 0 Å². The molecule has 5 heteroatoms. The molecule has 0 spiro atoms. The Morgan fingerprint density at radius 1 is 1.10 bits per heavy atom. The lowest BCUT2D eigenvalue weighted by Crippen LogP contribution is -2.36. The van der Waals surface area contributed by atoms with Gasteiger partial charge in [0.25, 0.3) is 5.91 Å². The fourth-order valence-electron chi connectivity index (χ4n) is 2.76. The maximum absolute atomic E-state index is 12.2.